The topological polar surface area (TPSA) is 54.4 Å². The van der Waals surface area contributed by atoms with E-state index >= 15 is 0 Å². The molecule has 0 saturated heterocycles. The predicted octanol–water partition coefficient (Wildman–Crippen LogP) is 7.33. The van der Waals surface area contributed by atoms with Gasteiger partial charge in [0, 0.05) is 5.39 Å². The zero-order chi connectivity index (χ0) is 20.2. The Labute approximate surface area is 171 Å². The maximum absolute atomic E-state index is 11.9. The molecular formula is C24H36O3S. The lowest BCUT2D eigenvalue weighted by Crippen LogP contribution is -2.04. The summed E-state index contributed by atoms with van der Waals surface area (Å²) in [6.07, 6.45) is 16.0. The second kappa shape index (κ2) is 12.2. The molecular weight excluding hydrogens is 368 g/mol. The van der Waals surface area contributed by atoms with E-state index in [4.69, 9.17) is 0 Å². The molecule has 3 nitrogen and oxygen atoms in total. The van der Waals surface area contributed by atoms with Crippen LogP contribution in [0.5, 0.6) is 0 Å². The molecule has 4 heteroatoms. The van der Waals surface area contributed by atoms with Crippen LogP contribution in [0.1, 0.15) is 89.5 Å². The van der Waals surface area contributed by atoms with Crippen LogP contribution in [-0.4, -0.2) is 13.0 Å². The third-order valence-electron chi connectivity index (χ3n) is 5.52. The fourth-order valence-corrected chi connectivity index (χ4v) is 4.91. The molecule has 0 unspecified atom stereocenters. The van der Waals surface area contributed by atoms with E-state index in [0.29, 0.717) is 11.8 Å². The normalized spacial score (nSPS) is 11.9. The summed E-state index contributed by atoms with van der Waals surface area (Å²) in [6, 6.07) is 11.1. The van der Waals surface area contributed by atoms with E-state index in [1.54, 1.807) is 6.07 Å². The highest BCUT2D eigenvalue weighted by molar-refractivity contribution is 7.86. The van der Waals surface area contributed by atoms with Crippen molar-refractivity contribution in [2.45, 2.75) is 95.3 Å². The van der Waals surface area contributed by atoms with E-state index < -0.39 is 10.1 Å². The van der Waals surface area contributed by atoms with Crippen LogP contribution in [0.25, 0.3) is 10.8 Å². The number of fused-ring (bicyclic) bond motifs is 1. The average molecular weight is 405 g/mol. The van der Waals surface area contributed by atoms with Gasteiger partial charge in [-0.15, -0.1) is 0 Å². The summed E-state index contributed by atoms with van der Waals surface area (Å²) in [5.74, 6) is 0. The Kier molecular flexibility index (Phi) is 10.0. The number of hydrogen-bond acceptors (Lipinski definition) is 2. The smallest absolute Gasteiger partial charge is 0.282 e. The largest absolute Gasteiger partial charge is 0.295 e. The minimum Gasteiger partial charge on any atom is -0.282 e. The standard InChI is InChI=1S/C24H36O3S/c1-2-3-4-5-6-7-8-9-10-11-12-13-17-22-20-19-21-16-14-15-18-23(21)24(22)28(25,26)27/h14-16,18-20H,2-13,17H2,1H3,(H,25,26,27). The number of aryl methyl sites for hydroxylation is 1. The third kappa shape index (κ3) is 7.56. The van der Waals surface area contributed by atoms with E-state index in [-0.39, 0.29) is 4.90 Å². The minimum absolute atomic E-state index is 0.0914. The molecule has 0 aromatic heterocycles. The molecule has 0 amide bonds. The average Bonchev–Trinajstić information content (AvgIpc) is 2.67. The molecule has 0 aliphatic rings. The van der Waals surface area contributed by atoms with Gasteiger partial charge in [-0.05, 0) is 23.8 Å². The maximum Gasteiger partial charge on any atom is 0.295 e. The maximum atomic E-state index is 11.9. The fraction of sp³-hybridized carbons (Fsp3) is 0.583. The van der Waals surface area contributed by atoms with E-state index in [9.17, 15) is 13.0 Å². The Morgan fingerprint density at radius 2 is 1.25 bits per heavy atom. The van der Waals surface area contributed by atoms with Crippen molar-refractivity contribution in [3.05, 3.63) is 42.0 Å². The molecule has 0 heterocycles. The third-order valence-corrected chi connectivity index (χ3v) is 6.52. The molecule has 2 aromatic rings. The number of benzene rings is 2. The highest BCUT2D eigenvalue weighted by Crippen LogP contribution is 2.28. The number of unbranched alkanes of at least 4 members (excludes halogenated alkanes) is 11. The lowest BCUT2D eigenvalue weighted by molar-refractivity contribution is 0.482. The lowest BCUT2D eigenvalue weighted by atomic mass is 10.0. The molecule has 156 valence electrons. The SMILES string of the molecule is CCCCCCCCCCCCCCc1ccc2ccccc2c1S(=O)(=O)O. The monoisotopic (exact) mass is 404 g/mol. The van der Waals surface area contributed by atoms with Crippen LogP contribution >= 0.6 is 0 Å². The van der Waals surface area contributed by atoms with Crippen LogP contribution in [0.4, 0.5) is 0 Å². The first-order valence-corrected chi connectivity index (χ1v) is 12.5. The molecule has 0 saturated carbocycles. The summed E-state index contributed by atoms with van der Waals surface area (Å²) in [6.45, 7) is 2.25. The summed E-state index contributed by atoms with van der Waals surface area (Å²) in [5.41, 5.74) is 0.730. The van der Waals surface area contributed by atoms with Crippen molar-refractivity contribution in [2.75, 3.05) is 0 Å². The van der Waals surface area contributed by atoms with E-state index in [0.717, 1.165) is 23.8 Å². The molecule has 28 heavy (non-hydrogen) atoms. The minimum atomic E-state index is -4.23. The molecule has 0 aliphatic heterocycles. The summed E-state index contributed by atoms with van der Waals surface area (Å²) >= 11 is 0. The molecule has 0 atom stereocenters. The fourth-order valence-electron chi connectivity index (χ4n) is 3.95. The van der Waals surface area contributed by atoms with Crippen molar-refractivity contribution < 1.29 is 13.0 Å². The van der Waals surface area contributed by atoms with Crippen molar-refractivity contribution in [1.82, 2.24) is 0 Å². The van der Waals surface area contributed by atoms with Gasteiger partial charge < -0.3 is 0 Å². The highest BCUT2D eigenvalue weighted by Gasteiger charge is 2.18. The Morgan fingerprint density at radius 1 is 0.714 bits per heavy atom. The molecule has 0 bridgehead atoms. The zero-order valence-corrected chi connectivity index (χ0v) is 18.1. The summed E-state index contributed by atoms with van der Waals surface area (Å²) in [7, 11) is -4.23. The van der Waals surface area contributed by atoms with Crippen molar-refractivity contribution in [1.29, 1.82) is 0 Å². The molecule has 0 spiro atoms. The number of rotatable bonds is 14. The van der Waals surface area contributed by atoms with Crippen LogP contribution in [0.2, 0.25) is 0 Å². The summed E-state index contributed by atoms with van der Waals surface area (Å²) < 4.78 is 33.6. The van der Waals surface area contributed by atoms with Crippen molar-refractivity contribution in [2.24, 2.45) is 0 Å². The molecule has 0 fully saturated rings. The summed E-state index contributed by atoms with van der Waals surface area (Å²) in [4.78, 5) is 0.0914. The van der Waals surface area contributed by atoms with Gasteiger partial charge in [0.2, 0.25) is 0 Å². The first-order valence-electron chi connectivity index (χ1n) is 11.0. The van der Waals surface area contributed by atoms with Crippen molar-refractivity contribution in [3.63, 3.8) is 0 Å². The van der Waals surface area contributed by atoms with Gasteiger partial charge >= 0.3 is 0 Å². The first-order chi connectivity index (χ1) is 13.5. The first kappa shape index (κ1) is 22.9. The molecule has 1 N–H and O–H groups in total. The van der Waals surface area contributed by atoms with Gasteiger partial charge in [-0.25, -0.2) is 0 Å². The van der Waals surface area contributed by atoms with Gasteiger partial charge in [0.05, 0.1) is 0 Å². The van der Waals surface area contributed by atoms with E-state index in [2.05, 4.69) is 6.92 Å². The van der Waals surface area contributed by atoms with Gasteiger partial charge in [0.25, 0.3) is 10.1 Å². The van der Waals surface area contributed by atoms with Gasteiger partial charge in [0.15, 0.2) is 0 Å². The molecule has 2 aromatic carbocycles. The second-order valence-electron chi connectivity index (χ2n) is 7.89. The van der Waals surface area contributed by atoms with Crippen LogP contribution in [-0.2, 0) is 16.5 Å². The molecule has 0 aliphatic carbocycles. The Hall–Kier alpha value is -1.39. The Morgan fingerprint density at radius 3 is 1.82 bits per heavy atom. The van der Waals surface area contributed by atoms with Crippen LogP contribution in [0.15, 0.2) is 41.3 Å². The van der Waals surface area contributed by atoms with E-state index in [1.165, 1.54) is 64.2 Å². The van der Waals surface area contributed by atoms with Crippen LogP contribution in [0, 0.1) is 0 Å². The van der Waals surface area contributed by atoms with E-state index in [1.807, 2.05) is 30.3 Å². The lowest BCUT2D eigenvalue weighted by Gasteiger charge is -2.11. The quantitative estimate of drug-likeness (QED) is 0.265. The second-order valence-corrected chi connectivity index (χ2v) is 9.25. The van der Waals surface area contributed by atoms with Crippen molar-refractivity contribution >= 4 is 20.9 Å². The zero-order valence-electron chi connectivity index (χ0n) is 17.3. The predicted molar refractivity (Wildman–Crippen MR) is 119 cm³/mol. The Balaban J connectivity index is 1.72. The van der Waals surface area contributed by atoms with Crippen LogP contribution in [0.3, 0.4) is 0 Å². The van der Waals surface area contributed by atoms with Gasteiger partial charge in [0.1, 0.15) is 4.90 Å². The van der Waals surface area contributed by atoms with Crippen LogP contribution < -0.4 is 0 Å². The van der Waals surface area contributed by atoms with Gasteiger partial charge in [-0.2, -0.15) is 8.42 Å². The highest BCUT2D eigenvalue weighted by atomic mass is 32.2. The molecule has 0 radical (unpaired) electrons. The Bertz CT molecular complexity index is 812. The summed E-state index contributed by atoms with van der Waals surface area (Å²) in [5, 5.41) is 1.45. The van der Waals surface area contributed by atoms with Crippen molar-refractivity contribution in [3.8, 4) is 0 Å². The number of hydrogen-bond donors (Lipinski definition) is 1. The van der Waals surface area contributed by atoms with Gasteiger partial charge in [-0.3, -0.25) is 4.55 Å². The molecule has 2 rings (SSSR count). The van der Waals surface area contributed by atoms with Gasteiger partial charge in [-0.1, -0.05) is 114 Å².